The number of rotatable bonds is 6. The lowest BCUT2D eigenvalue weighted by Gasteiger charge is -2.34. The minimum absolute atomic E-state index is 0.0587. The second-order valence-corrected chi connectivity index (χ2v) is 8.42. The number of carbonyl (C=O) groups is 2. The summed E-state index contributed by atoms with van der Waals surface area (Å²) in [6.07, 6.45) is 3.27. The molecule has 1 aromatic rings. The highest BCUT2D eigenvalue weighted by molar-refractivity contribution is 7.89. The Balaban J connectivity index is 2.16. The molecule has 7 nitrogen and oxygen atoms in total. The number of sulfonamides is 1. The molecule has 1 fully saturated rings. The zero-order chi connectivity index (χ0) is 18.7. The lowest BCUT2D eigenvalue weighted by atomic mass is 9.81. The first-order valence-corrected chi connectivity index (χ1v) is 9.83. The average Bonchev–Trinajstić information content (AvgIpc) is 2.54. The minimum atomic E-state index is -3.63. The largest absolute Gasteiger partial charge is 0.480 e. The second kappa shape index (κ2) is 7.53. The molecular formula is C17H24N2O5S. The number of benzene rings is 1. The van der Waals surface area contributed by atoms with Crippen molar-refractivity contribution in [3.8, 4) is 0 Å². The molecule has 0 radical (unpaired) electrons. The van der Waals surface area contributed by atoms with Gasteiger partial charge in [-0.1, -0.05) is 19.3 Å². The number of carboxylic acid groups (broad SMARTS) is 1. The van der Waals surface area contributed by atoms with Gasteiger partial charge in [-0.25, -0.2) is 17.9 Å². The fraction of sp³-hybridized carbons (Fsp3) is 0.529. The summed E-state index contributed by atoms with van der Waals surface area (Å²) < 4.78 is 26.6. The molecule has 1 amide bonds. The number of nitrogens with one attached hydrogen (secondary N) is 2. The Morgan fingerprint density at radius 2 is 1.64 bits per heavy atom. The molecule has 0 aromatic heterocycles. The third-order valence-corrected chi connectivity index (χ3v) is 5.96. The molecule has 3 N–H and O–H groups in total. The SMILES string of the molecule is CC(C)NS(=O)(=O)c1ccc(C(=O)NC2(C(=O)O)CCCCC2)cc1. The standard InChI is InChI=1S/C17H24N2O5S/c1-12(2)19-25(23,24)14-8-6-13(7-9-14)15(20)18-17(16(21)22)10-4-3-5-11-17/h6-9,12,19H,3-5,10-11H2,1-2H3,(H,18,20)(H,21,22). The Kier molecular flexibility index (Phi) is 5.84. The number of aliphatic carboxylic acids is 1. The van der Waals surface area contributed by atoms with Crippen molar-refractivity contribution in [1.82, 2.24) is 10.0 Å². The molecule has 0 unspecified atom stereocenters. The van der Waals surface area contributed by atoms with Gasteiger partial charge in [-0.05, 0) is 51.0 Å². The normalized spacial score (nSPS) is 17.2. The summed E-state index contributed by atoms with van der Waals surface area (Å²) in [6, 6.07) is 5.22. The van der Waals surface area contributed by atoms with Crippen LogP contribution in [0.5, 0.6) is 0 Å². The van der Waals surface area contributed by atoms with E-state index < -0.39 is 27.4 Å². The highest BCUT2D eigenvalue weighted by Gasteiger charge is 2.41. The van der Waals surface area contributed by atoms with E-state index in [-0.39, 0.29) is 16.5 Å². The first-order valence-electron chi connectivity index (χ1n) is 8.35. The summed E-state index contributed by atoms with van der Waals surface area (Å²) in [5.74, 6) is -1.54. The van der Waals surface area contributed by atoms with Crippen molar-refractivity contribution in [2.45, 2.75) is 62.4 Å². The monoisotopic (exact) mass is 368 g/mol. The van der Waals surface area contributed by atoms with E-state index in [1.54, 1.807) is 13.8 Å². The van der Waals surface area contributed by atoms with Crippen LogP contribution in [0, 0.1) is 0 Å². The van der Waals surface area contributed by atoms with E-state index in [1.807, 2.05) is 0 Å². The molecule has 0 heterocycles. The van der Waals surface area contributed by atoms with Crippen LogP contribution in [0.3, 0.4) is 0 Å². The number of carbonyl (C=O) groups excluding carboxylic acids is 1. The Labute approximate surface area is 147 Å². The summed E-state index contributed by atoms with van der Waals surface area (Å²) in [5, 5.41) is 12.2. The van der Waals surface area contributed by atoms with E-state index in [9.17, 15) is 23.1 Å². The number of amides is 1. The summed E-state index contributed by atoms with van der Waals surface area (Å²) in [7, 11) is -3.63. The predicted molar refractivity (Wildman–Crippen MR) is 92.8 cm³/mol. The van der Waals surface area contributed by atoms with Crippen LogP contribution in [-0.2, 0) is 14.8 Å². The van der Waals surface area contributed by atoms with Crippen molar-refractivity contribution in [2.75, 3.05) is 0 Å². The quantitative estimate of drug-likeness (QED) is 0.710. The average molecular weight is 368 g/mol. The van der Waals surface area contributed by atoms with Crippen molar-refractivity contribution in [3.05, 3.63) is 29.8 Å². The molecule has 0 atom stereocenters. The van der Waals surface area contributed by atoms with Gasteiger partial charge in [-0.3, -0.25) is 4.79 Å². The number of hydrogen-bond donors (Lipinski definition) is 3. The molecule has 138 valence electrons. The molecule has 0 bridgehead atoms. The van der Waals surface area contributed by atoms with Crippen LogP contribution in [0.4, 0.5) is 0 Å². The molecule has 8 heteroatoms. The maximum absolute atomic E-state index is 12.4. The second-order valence-electron chi connectivity index (χ2n) is 6.70. The zero-order valence-corrected chi connectivity index (χ0v) is 15.2. The Hall–Kier alpha value is -1.93. The number of hydrogen-bond acceptors (Lipinski definition) is 4. The van der Waals surface area contributed by atoms with Crippen LogP contribution in [0.25, 0.3) is 0 Å². The van der Waals surface area contributed by atoms with Crippen molar-refractivity contribution < 1.29 is 23.1 Å². The van der Waals surface area contributed by atoms with E-state index in [4.69, 9.17) is 0 Å². The highest BCUT2D eigenvalue weighted by Crippen LogP contribution is 2.29. The molecule has 2 rings (SSSR count). The first-order chi connectivity index (χ1) is 11.7. The predicted octanol–water partition coefficient (Wildman–Crippen LogP) is 1.89. The van der Waals surface area contributed by atoms with E-state index >= 15 is 0 Å². The van der Waals surface area contributed by atoms with Gasteiger partial charge in [0.1, 0.15) is 5.54 Å². The van der Waals surface area contributed by atoms with E-state index in [0.29, 0.717) is 12.8 Å². The zero-order valence-electron chi connectivity index (χ0n) is 14.4. The Bertz CT molecular complexity index is 735. The van der Waals surface area contributed by atoms with Gasteiger partial charge in [0.2, 0.25) is 10.0 Å². The van der Waals surface area contributed by atoms with Crippen LogP contribution in [0.2, 0.25) is 0 Å². The summed E-state index contributed by atoms with van der Waals surface area (Å²) in [4.78, 5) is 24.1. The number of carboxylic acids is 1. The molecular weight excluding hydrogens is 344 g/mol. The molecule has 0 saturated heterocycles. The molecule has 1 aromatic carbocycles. The van der Waals surface area contributed by atoms with E-state index in [1.165, 1.54) is 24.3 Å². The fourth-order valence-corrected chi connectivity index (χ4v) is 4.25. The topological polar surface area (TPSA) is 113 Å². The summed E-state index contributed by atoms with van der Waals surface area (Å²) in [5.41, 5.74) is -1.01. The smallest absolute Gasteiger partial charge is 0.329 e. The molecule has 1 aliphatic carbocycles. The molecule has 1 saturated carbocycles. The minimum Gasteiger partial charge on any atom is -0.480 e. The lowest BCUT2D eigenvalue weighted by Crippen LogP contribution is -2.55. The van der Waals surface area contributed by atoms with Crippen molar-refractivity contribution in [2.24, 2.45) is 0 Å². The van der Waals surface area contributed by atoms with Gasteiger partial charge in [0.25, 0.3) is 5.91 Å². The van der Waals surface area contributed by atoms with Gasteiger partial charge >= 0.3 is 5.97 Å². The van der Waals surface area contributed by atoms with Crippen LogP contribution < -0.4 is 10.0 Å². The van der Waals surface area contributed by atoms with Crippen LogP contribution in [0.1, 0.15) is 56.3 Å². The van der Waals surface area contributed by atoms with Crippen LogP contribution in [0.15, 0.2) is 29.2 Å². The Morgan fingerprint density at radius 1 is 1.08 bits per heavy atom. The summed E-state index contributed by atoms with van der Waals surface area (Å²) in [6.45, 7) is 3.43. The van der Waals surface area contributed by atoms with Crippen molar-refractivity contribution in [1.29, 1.82) is 0 Å². The third kappa shape index (κ3) is 4.58. The molecule has 25 heavy (non-hydrogen) atoms. The van der Waals surface area contributed by atoms with Gasteiger partial charge < -0.3 is 10.4 Å². The van der Waals surface area contributed by atoms with Gasteiger partial charge in [0.05, 0.1) is 4.90 Å². The molecule has 1 aliphatic rings. The van der Waals surface area contributed by atoms with Gasteiger partial charge in [-0.15, -0.1) is 0 Å². The van der Waals surface area contributed by atoms with E-state index in [2.05, 4.69) is 10.0 Å². The van der Waals surface area contributed by atoms with Gasteiger partial charge in [0, 0.05) is 11.6 Å². The van der Waals surface area contributed by atoms with Crippen LogP contribution in [-0.4, -0.2) is 37.0 Å². The van der Waals surface area contributed by atoms with Crippen molar-refractivity contribution in [3.63, 3.8) is 0 Å². The van der Waals surface area contributed by atoms with Gasteiger partial charge in [0.15, 0.2) is 0 Å². The fourth-order valence-electron chi connectivity index (χ4n) is 3.00. The molecule has 0 spiro atoms. The van der Waals surface area contributed by atoms with Crippen molar-refractivity contribution >= 4 is 21.9 Å². The molecule has 0 aliphatic heterocycles. The summed E-state index contributed by atoms with van der Waals surface area (Å²) >= 11 is 0. The maximum Gasteiger partial charge on any atom is 0.329 e. The first kappa shape index (κ1) is 19.4. The maximum atomic E-state index is 12.4. The van der Waals surface area contributed by atoms with Gasteiger partial charge in [-0.2, -0.15) is 0 Å². The lowest BCUT2D eigenvalue weighted by molar-refractivity contribution is -0.145. The highest BCUT2D eigenvalue weighted by atomic mass is 32.2. The Morgan fingerprint density at radius 3 is 2.12 bits per heavy atom. The third-order valence-electron chi connectivity index (χ3n) is 4.29. The van der Waals surface area contributed by atoms with E-state index in [0.717, 1.165) is 19.3 Å². The van der Waals surface area contributed by atoms with Crippen LogP contribution >= 0.6 is 0 Å².